The van der Waals surface area contributed by atoms with Gasteiger partial charge in [0.15, 0.2) is 0 Å². The van der Waals surface area contributed by atoms with E-state index in [4.69, 9.17) is 10.6 Å². The molecular weight excluding hydrogens is 176 g/mol. The first kappa shape index (κ1) is 12.0. The molecule has 14 heavy (non-hydrogen) atoms. The van der Waals surface area contributed by atoms with Crippen LogP contribution in [0.5, 0.6) is 0 Å². The molecule has 0 aromatic heterocycles. The molecule has 0 radical (unpaired) electrons. The minimum Gasteiger partial charge on any atom is -0.381 e. The van der Waals surface area contributed by atoms with E-state index in [1.807, 2.05) is 0 Å². The van der Waals surface area contributed by atoms with Gasteiger partial charge in [0, 0.05) is 12.6 Å². The van der Waals surface area contributed by atoms with Gasteiger partial charge in [0.05, 0.1) is 6.61 Å². The summed E-state index contributed by atoms with van der Waals surface area (Å²) in [5.41, 5.74) is 2.95. The van der Waals surface area contributed by atoms with E-state index in [0.29, 0.717) is 12.0 Å². The highest BCUT2D eigenvalue weighted by Gasteiger charge is 2.22. The molecule has 0 spiro atoms. The Hall–Kier alpha value is -0.120. The lowest BCUT2D eigenvalue weighted by molar-refractivity contribution is 0.0375. The minimum absolute atomic E-state index is 0.460. The molecule has 1 aliphatic heterocycles. The molecule has 1 heterocycles. The Balaban J connectivity index is 2.21. The zero-order chi connectivity index (χ0) is 10.2. The highest BCUT2D eigenvalue weighted by molar-refractivity contribution is 4.76. The summed E-state index contributed by atoms with van der Waals surface area (Å²) in [6.45, 7) is 4.05. The summed E-state index contributed by atoms with van der Waals surface area (Å²) in [4.78, 5) is 0. The molecule has 0 aromatic carbocycles. The predicted molar refractivity (Wildman–Crippen MR) is 58.8 cm³/mol. The Labute approximate surface area is 87.4 Å². The van der Waals surface area contributed by atoms with E-state index in [9.17, 15) is 0 Å². The molecule has 1 saturated heterocycles. The van der Waals surface area contributed by atoms with E-state index in [1.54, 1.807) is 0 Å². The van der Waals surface area contributed by atoms with E-state index < -0.39 is 0 Å². The number of rotatable bonds is 6. The van der Waals surface area contributed by atoms with E-state index in [0.717, 1.165) is 13.2 Å². The summed E-state index contributed by atoms with van der Waals surface area (Å²) < 4.78 is 5.48. The van der Waals surface area contributed by atoms with Gasteiger partial charge in [-0.3, -0.25) is 11.3 Å². The highest BCUT2D eigenvalue weighted by atomic mass is 16.5. The SMILES string of the molecule is CCCCCC(NN)C1CCCOC1. The molecule has 0 amide bonds. The average molecular weight is 200 g/mol. The van der Waals surface area contributed by atoms with Crippen LogP contribution in [-0.4, -0.2) is 19.3 Å². The second-order valence-electron chi connectivity index (χ2n) is 4.25. The van der Waals surface area contributed by atoms with Crippen molar-refractivity contribution < 1.29 is 4.74 Å². The largest absolute Gasteiger partial charge is 0.381 e. The lowest BCUT2D eigenvalue weighted by atomic mass is 9.90. The average Bonchev–Trinajstić information content (AvgIpc) is 2.26. The van der Waals surface area contributed by atoms with Crippen molar-refractivity contribution in [2.75, 3.05) is 13.2 Å². The van der Waals surface area contributed by atoms with Crippen molar-refractivity contribution in [1.82, 2.24) is 5.43 Å². The summed E-state index contributed by atoms with van der Waals surface area (Å²) in [5, 5.41) is 0. The fourth-order valence-corrected chi connectivity index (χ4v) is 2.15. The molecule has 1 aliphatic rings. The summed E-state index contributed by atoms with van der Waals surface area (Å²) >= 11 is 0. The fraction of sp³-hybridized carbons (Fsp3) is 1.00. The monoisotopic (exact) mass is 200 g/mol. The summed E-state index contributed by atoms with van der Waals surface area (Å²) in [6.07, 6.45) is 7.52. The van der Waals surface area contributed by atoms with Crippen LogP contribution in [0.15, 0.2) is 0 Å². The third kappa shape index (κ3) is 3.95. The van der Waals surface area contributed by atoms with Crippen LogP contribution in [0.2, 0.25) is 0 Å². The number of nitrogens with one attached hydrogen (secondary N) is 1. The lowest BCUT2D eigenvalue weighted by Crippen LogP contribution is -2.43. The van der Waals surface area contributed by atoms with Gasteiger partial charge < -0.3 is 4.74 Å². The molecule has 0 aromatic rings. The molecular formula is C11H24N2O. The second kappa shape index (κ2) is 7.21. The lowest BCUT2D eigenvalue weighted by Gasteiger charge is -2.29. The smallest absolute Gasteiger partial charge is 0.0509 e. The van der Waals surface area contributed by atoms with E-state index in [-0.39, 0.29) is 0 Å². The van der Waals surface area contributed by atoms with Gasteiger partial charge in [0.1, 0.15) is 0 Å². The van der Waals surface area contributed by atoms with Gasteiger partial charge in [0.25, 0.3) is 0 Å². The molecule has 1 fully saturated rings. The van der Waals surface area contributed by atoms with Crippen molar-refractivity contribution in [2.45, 2.75) is 51.5 Å². The van der Waals surface area contributed by atoms with Crippen LogP contribution in [0.1, 0.15) is 45.4 Å². The molecule has 1 rings (SSSR count). The zero-order valence-electron chi connectivity index (χ0n) is 9.30. The summed E-state index contributed by atoms with van der Waals surface area (Å²) in [6, 6.07) is 0.460. The fourth-order valence-electron chi connectivity index (χ4n) is 2.15. The molecule has 84 valence electrons. The molecule has 3 heteroatoms. The molecule has 3 N–H and O–H groups in total. The maximum atomic E-state index is 5.58. The topological polar surface area (TPSA) is 47.3 Å². The third-order valence-corrected chi connectivity index (χ3v) is 3.10. The van der Waals surface area contributed by atoms with Gasteiger partial charge in [0.2, 0.25) is 0 Å². The van der Waals surface area contributed by atoms with E-state index in [2.05, 4.69) is 12.3 Å². The number of nitrogens with two attached hydrogens (primary N) is 1. The Bertz CT molecular complexity index is 135. The van der Waals surface area contributed by atoms with Crippen LogP contribution in [0.3, 0.4) is 0 Å². The van der Waals surface area contributed by atoms with Gasteiger partial charge in [-0.1, -0.05) is 26.2 Å². The Morgan fingerprint density at radius 3 is 2.93 bits per heavy atom. The van der Waals surface area contributed by atoms with Crippen molar-refractivity contribution in [2.24, 2.45) is 11.8 Å². The maximum Gasteiger partial charge on any atom is 0.0509 e. The molecule has 0 bridgehead atoms. The Kier molecular flexibility index (Phi) is 6.15. The first-order chi connectivity index (χ1) is 6.88. The van der Waals surface area contributed by atoms with Crippen molar-refractivity contribution in [3.63, 3.8) is 0 Å². The van der Waals surface area contributed by atoms with Crippen molar-refractivity contribution in [3.8, 4) is 0 Å². The molecule has 0 saturated carbocycles. The van der Waals surface area contributed by atoms with Crippen LogP contribution in [0.4, 0.5) is 0 Å². The first-order valence-electron chi connectivity index (χ1n) is 5.92. The number of ether oxygens (including phenoxy) is 1. The van der Waals surface area contributed by atoms with Crippen LogP contribution in [0, 0.1) is 5.92 Å². The predicted octanol–water partition coefficient (Wildman–Crippen LogP) is 1.83. The van der Waals surface area contributed by atoms with Gasteiger partial charge in [-0.15, -0.1) is 0 Å². The molecule has 2 unspecified atom stereocenters. The quantitative estimate of drug-likeness (QED) is 0.390. The number of unbranched alkanes of at least 4 members (excludes halogenated alkanes) is 2. The van der Waals surface area contributed by atoms with E-state index >= 15 is 0 Å². The van der Waals surface area contributed by atoms with Crippen LogP contribution in [0.25, 0.3) is 0 Å². The van der Waals surface area contributed by atoms with Gasteiger partial charge in [-0.25, -0.2) is 0 Å². The normalized spacial score (nSPS) is 24.9. The van der Waals surface area contributed by atoms with Crippen LogP contribution in [-0.2, 0) is 4.74 Å². The second-order valence-corrected chi connectivity index (χ2v) is 4.25. The number of hydrogen-bond acceptors (Lipinski definition) is 3. The van der Waals surface area contributed by atoms with Gasteiger partial charge in [-0.2, -0.15) is 0 Å². The Morgan fingerprint density at radius 1 is 1.50 bits per heavy atom. The van der Waals surface area contributed by atoms with E-state index in [1.165, 1.54) is 38.5 Å². The van der Waals surface area contributed by atoms with Crippen molar-refractivity contribution in [3.05, 3.63) is 0 Å². The molecule has 0 aliphatic carbocycles. The van der Waals surface area contributed by atoms with Gasteiger partial charge >= 0.3 is 0 Å². The standard InChI is InChI=1S/C11H24N2O/c1-2-3-4-7-11(13-12)10-6-5-8-14-9-10/h10-11,13H,2-9,12H2,1H3. The third-order valence-electron chi connectivity index (χ3n) is 3.10. The van der Waals surface area contributed by atoms with Crippen LogP contribution >= 0.6 is 0 Å². The van der Waals surface area contributed by atoms with Crippen molar-refractivity contribution >= 4 is 0 Å². The maximum absolute atomic E-state index is 5.58. The Morgan fingerprint density at radius 2 is 2.36 bits per heavy atom. The highest BCUT2D eigenvalue weighted by Crippen LogP contribution is 2.20. The number of hydrogen-bond donors (Lipinski definition) is 2. The number of hydrazine groups is 1. The van der Waals surface area contributed by atoms with Crippen molar-refractivity contribution in [1.29, 1.82) is 0 Å². The summed E-state index contributed by atoms with van der Waals surface area (Å²) in [5.74, 6) is 6.21. The molecule has 2 atom stereocenters. The summed E-state index contributed by atoms with van der Waals surface area (Å²) in [7, 11) is 0. The van der Waals surface area contributed by atoms with Crippen LogP contribution < -0.4 is 11.3 Å². The van der Waals surface area contributed by atoms with Gasteiger partial charge in [-0.05, 0) is 25.2 Å². The first-order valence-corrected chi connectivity index (χ1v) is 5.92. The molecule has 3 nitrogen and oxygen atoms in total. The minimum atomic E-state index is 0.460. The zero-order valence-corrected chi connectivity index (χ0v) is 9.30.